The summed E-state index contributed by atoms with van der Waals surface area (Å²) in [5, 5.41) is 4.17. The molecule has 0 radical (unpaired) electrons. The van der Waals surface area contributed by atoms with E-state index in [2.05, 4.69) is 51.7 Å². The second-order valence-electron chi connectivity index (χ2n) is 8.19. The van der Waals surface area contributed by atoms with Gasteiger partial charge in [0.05, 0.1) is 0 Å². The van der Waals surface area contributed by atoms with Crippen LogP contribution in [0.3, 0.4) is 0 Å². The molecular formula is C16H29N3O. The van der Waals surface area contributed by atoms with Crippen LogP contribution in [-0.2, 0) is 6.42 Å². The molecule has 1 fully saturated rings. The Morgan fingerprint density at radius 1 is 1.30 bits per heavy atom. The van der Waals surface area contributed by atoms with Crippen molar-refractivity contribution in [3.05, 3.63) is 11.7 Å². The average Bonchev–Trinajstić information content (AvgIpc) is 2.71. The second kappa shape index (κ2) is 5.14. The maximum absolute atomic E-state index is 6.22. The summed E-state index contributed by atoms with van der Waals surface area (Å²) in [4.78, 5) is 4.66. The predicted octanol–water partition coefficient (Wildman–Crippen LogP) is 3.53. The normalized spacial score (nSPS) is 30.4. The minimum atomic E-state index is 0.100. The van der Waals surface area contributed by atoms with Gasteiger partial charge in [0.2, 0.25) is 5.89 Å². The number of nitrogens with two attached hydrogens (primary N) is 1. The summed E-state index contributed by atoms with van der Waals surface area (Å²) in [6.45, 7) is 13.4. The molecule has 3 atom stereocenters. The van der Waals surface area contributed by atoms with E-state index in [9.17, 15) is 0 Å². The lowest BCUT2D eigenvalue weighted by molar-refractivity contribution is 0.0806. The van der Waals surface area contributed by atoms with E-state index in [-0.39, 0.29) is 16.9 Å². The summed E-state index contributed by atoms with van der Waals surface area (Å²) in [5.41, 5.74) is 6.50. The maximum Gasteiger partial charge on any atom is 0.230 e. The van der Waals surface area contributed by atoms with Gasteiger partial charge in [0.25, 0.3) is 0 Å². The lowest BCUT2D eigenvalue weighted by Crippen LogP contribution is -2.45. The van der Waals surface area contributed by atoms with Crippen LogP contribution in [0.1, 0.15) is 72.0 Å². The zero-order valence-corrected chi connectivity index (χ0v) is 13.7. The van der Waals surface area contributed by atoms with Gasteiger partial charge in [0.1, 0.15) is 0 Å². The van der Waals surface area contributed by atoms with Crippen molar-refractivity contribution in [2.24, 2.45) is 22.5 Å². The molecule has 0 spiro atoms. The maximum atomic E-state index is 6.22. The molecular weight excluding hydrogens is 250 g/mol. The Bertz CT molecular complexity index is 459. The molecule has 0 saturated heterocycles. The summed E-state index contributed by atoms with van der Waals surface area (Å²) < 4.78 is 5.57. The predicted molar refractivity (Wildman–Crippen MR) is 80.4 cm³/mol. The van der Waals surface area contributed by atoms with Crippen LogP contribution >= 0.6 is 0 Å². The first-order valence-corrected chi connectivity index (χ1v) is 7.69. The average molecular weight is 279 g/mol. The van der Waals surface area contributed by atoms with Crippen LogP contribution in [0.5, 0.6) is 0 Å². The van der Waals surface area contributed by atoms with Gasteiger partial charge in [-0.25, -0.2) is 0 Å². The van der Waals surface area contributed by atoms with Crippen LogP contribution < -0.4 is 5.73 Å². The van der Waals surface area contributed by atoms with E-state index in [0.29, 0.717) is 11.8 Å². The number of hydrogen-bond acceptors (Lipinski definition) is 4. The topological polar surface area (TPSA) is 64.9 Å². The van der Waals surface area contributed by atoms with E-state index < -0.39 is 0 Å². The fourth-order valence-corrected chi connectivity index (χ4v) is 3.25. The van der Waals surface area contributed by atoms with Gasteiger partial charge >= 0.3 is 0 Å². The van der Waals surface area contributed by atoms with Crippen LogP contribution in [0.2, 0.25) is 0 Å². The Morgan fingerprint density at radius 3 is 2.55 bits per heavy atom. The zero-order chi connectivity index (χ0) is 15.1. The van der Waals surface area contributed by atoms with Gasteiger partial charge < -0.3 is 10.3 Å². The van der Waals surface area contributed by atoms with Crippen molar-refractivity contribution >= 4 is 0 Å². The first-order chi connectivity index (χ1) is 9.11. The van der Waals surface area contributed by atoms with Crippen LogP contribution in [0, 0.1) is 16.7 Å². The first-order valence-electron chi connectivity index (χ1n) is 7.69. The second-order valence-corrected chi connectivity index (χ2v) is 8.19. The van der Waals surface area contributed by atoms with Gasteiger partial charge in [-0.15, -0.1) is 0 Å². The lowest BCUT2D eigenvalue weighted by atomic mass is 9.61. The Hall–Kier alpha value is -0.900. The molecule has 0 aromatic carbocycles. The van der Waals surface area contributed by atoms with Crippen molar-refractivity contribution in [2.45, 2.75) is 72.8 Å². The van der Waals surface area contributed by atoms with Gasteiger partial charge in [0, 0.05) is 18.4 Å². The molecule has 2 N–H and O–H groups in total. The molecule has 0 amide bonds. The molecule has 1 aromatic heterocycles. The fourth-order valence-electron chi connectivity index (χ4n) is 3.25. The van der Waals surface area contributed by atoms with E-state index in [1.54, 1.807) is 0 Å². The summed E-state index contributed by atoms with van der Waals surface area (Å²) >= 11 is 0. The van der Waals surface area contributed by atoms with Gasteiger partial charge in [-0.05, 0) is 29.6 Å². The highest BCUT2D eigenvalue weighted by Crippen LogP contribution is 2.49. The zero-order valence-electron chi connectivity index (χ0n) is 13.7. The molecule has 0 aliphatic heterocycles. The molecule has 1 aliphatic carbocycles. The molecule has 1 saturated carbocycles. The molecule has 2 rings (SSSR count). The van der Waals surface area contributed by atoms with Crippen molar-refractivity contribution < 1.29 is 4.52 Å². The van der Waals surface area contributed by atoms with E-state index in [4.69, 9.17) is 10.3 Å². The molecule has 0 bridgehead atoms. The first kappa shape index (κ1) is 15.5. The molecule has 3 unspecified atom stereocenters. The summed E-state index contributed by atoms with van der Waals surface area (Å²) in [6.07, 6.45) is 2.92. The van der Waals surface area contributed by atoms with Crippen LogP contribution in [0.15, 0.2) is 4.52 Å². The van der Waals surface area contributed by atoms with E-state index in [1.807, 2.05) is 0 Å². The highest BCUT2D eigenvalue weighted by molar-refractivity contribution is 5.07. The number of nitrogens with zero attached hydrogens (tertiary/aromatic N) is 2. The highest BCUT2D eigenvalue weighted by atomic mass is 16.5. The molecule has 4 heteroatoms. The Morgan fingerprint density at radius 2 is 1.95 bits per heavy atom. The highest BCUT2D eigenvalue weighted by Gasteiger charge is 2.44. The number of rotatable bonds is 2. The van der Waals surface area contributed by atoms with E-state index in [1.165, 1.54) is 0 Å². The standard InChI is InChI=1S/C16H29N3O/c1-10-12(17)8-7-11(16(10,5)6)14-18-13(19-20-14)9-15(2,3)4/h10-12H,7-9,17H2,1-6H3. The quantitative estimate of drug-likeness (QED) is 0.899. The monoisotopic (exact) mass is 279 g/mol. The summed E-state index contributed by atoms with van der Waals surface area (Å²) in [7, 11) is 0. The van der Waals surface area contributed by atoms with Gasteiger partial charge in [-0.1, -0.05) is 46.7 Å². The number of aromatic nitrogens is 2. The molecule has 1 heterocycles. The largest absolute Gasteiger partial charge is 0.339 e. The Balaban J connectivity index is 2.19. The van der Waals surface area contributed by atoms with Crippen molar-refractivity contribution in [1.82, 2.24) is 10.1 Å². The fraction of sp³-hybridized carbons (Fsp3) is 0.875. The van der Waals surface area contributed by atoms with Crippen molar-refractivity contribution in [2.75, 3.05) is 0 Å². The SMILES string of the molecule is CC1C(N)CCC(c2nc(CC(C)(C)C)no2)C1(C)C. The Kier molecular flexibility index (Phi) is 3.98. The Labute approximate surface area is 122 Å². The van der Waals surface area contributed by atoms with Crippen LogP contribution in [0.4, 0.5) is 0 Å². The third-order valence-electron chi connectivity index (χ3n) is 4.97. The smallest absolute Gasteiger partial charge is 0.230 e. The molecule has 1 aliphatic rings. The summed E-state index contributed by atoms with van der Waals surface area (Å²) in [5.74, 6) is 2.40. The third-order valence-corrected chi connectivity index (χ3v) is 4.97. The van der Waals surface area contributed by atoms with Crippen LogP contribution in [-0.4, -0.2) is 16.2 Å². The third kappa shape index (κ3) is 3.05. The minimum absolute atomic E-state index is 0.100. The number of hydrogen-bond donors (Lipinski definition) is 1. The van der Waals surface area contributed by atoms with Gasteiger partial charge in [0.15, 0.2) is 5.82 Å². The van der Waals surface area contributed by atoms with Crippen molar-refractivity contribution in [3.63, 3.8) is 0 Å². The summed E-state index contributed by atoms with van der Waals surface area (Å²) in [6, 6.07) is 0.276. The van der Waals surface area contributed by atoms with Crippen molar-refractivity contribution in [3.8, 4) is 0 Å². The van der Waals surface area contributed by atoms with Crippen molar-refractivity contribution in [1.29, 1.82) is 0 Å². The molecule has 114 valence electrons. The minimum Gasteiger partial charge on any atom is -0.339 e. The molecule has 4 nitrogen and oxygen atoms in total. The van der Waals surface area contributed by atoms with Gasteiger partial charge in [-0.2, -0.15) is 4.98 Å². The van der Waals surface area contributed by atoms with E-state index in [0.717, 1.165) is 31.0 Å². The molecule has 20 heavy (non-hydrogen) atoms. The van der Waals surface area contributed by atoms with Gasteiger partial charge in [-0.3, -0.25) is 0 Å². The van der Waals surface area contributed by atoms with Crippen LogP contribution in [0.25, 0.3) is 0 Å². The lowest BCUT2D eigenvalue weighted by Gasteiger charge is -2.45. The molecule has 1 aromatic rings. The van der Waals surface area contributed by atoms with E-state index >= 15 is 0 Å².